The van der Waals surface area contributed by atoms with Crippen molar-refractivity contribution >= 4 is 11.5 Å². The molecule has 1 N–H and O–H groups in total. The highest BCUT2D eigenvalue weighted by Gasteiger charge is 2.23. The maximum absolute atomic E-state index is 12.4. The Morgan fingerprint density at radius 1 is 1.33 bits per heavy atom. The second-order valence-electron chi connectivity index (χ2n) is 6.62. The zero-order chi connectivity index (χ0) is 17.2. The summed E-state index contributed by atoms with van der Waals surface area (Å²) in [6.07, 6.45) is 10.9. The van der Waals surface area contributed by atoms with Crippen LogP contribution in [0.3, 0.4) is 0 Å². The standard InChI is InChI=1S/C20H22N2O2/c1-4-24-19(23)16-12-17(14-7-10-21-11-8-14)22-18(16)15-6-5-9-20(2,3)13-15/h5-8,10-13,22H,4,9H2,1-3H3. The molecule has 0 atom stereocenters. The summed E-state index contributed by atoms with van der Waals surface area (Å²) in [5.74, 6) is -0.304. The molecule has 0 spiro atoms. The molecule has 0 saturated heterocycles. The highest BCUT2D eigenvalue weighted by Crippen LogP contribution is 2.35. The quantitative estimate of drug-likeness (QED) is 0.835. The average molecular weight is 322 g/mol. The molecular weight excluding hydrogens is 300 g/mol. The molecule has 4 nitrogen and oxygen atoms in total. The van der Waals surface area contributed by atoms with E-state index in [1.807, 2.05) is 25.1 Å². The van der Waals surface area contributed by atoms with E-state index in [9.17, 15) is 4.79 Å². The summed E-state index contributed by atoms with van der Waals surface area (Å²) in [6.45, 7) is 6.55. The van der Waals surface area contributed by atoms with Gasteiger partial charge in [-0.3, -0.25) is 4.98 Å². The molecule has 2 aromatic heterocycles. The minimum Gasteiger partial charge on any atom is -0.462 e. The number of aromatic nitrogens is 2. The Labute approximate surface area is 142 Å². The fraction of sp³-hybridized carbons (Fsp3) is 0.300. The Hall–Kier alpha value is -2.62. The van der Waals surface area contributed by atoms with Crippen molar-refractivity contribution in [2.45, 2.75) is 27.2 Å². The van der Waals surface area contributed by atoms with Gasteiger partial charge in [-0.25, -0.2) is 4.79 Å². The smallest absolute Gasteiger partial charge is 0.340 e. The van der Waals surface area contributed by atoms with Gasteiger partial charge in [0.1, 0.15) is 0 Å². The van der Waals surface area contributed by atoms with Crippen LogP contribution in [0.25, 0.3) is 16.8 Å². The van der Waals surface area contributed by atoms with Gasteiger partial charge in [0.2, 0.25) is 0 Å². The van der Waals surface area contributed by atoms with E-state index < -0.39 is 0 Å². The molecule has 0 unspecified atom stereocenters. The van der Waals surface area contributed by atoms with Crippen molar-refractivity contribution in [2.75, 3.05) is 6.61 Å². The summed E-state index contributed by atoms with van der Waals surface area (Å²) < 4.78 is 5.24. The van der Waals surface area contributed by atoms with E-state index in [1.54, 1.807) is 12.4 Å². The normalized spacial score (nSPS) is 15.9. The van der Waals surface area contributed by atoms with E-state index in [1.165, 1.54) is 0 Å². The highest BCUT2D eigenvalue weighted by molar-refractivity contribution is 5.98. The summed E-state index contributed by atoms with van der Waals surface area (Å²) in [6, 6.07) is 5.69. The highest BCUT2D eigenvalue weighted by atomic mass is 16.5. The molecule has 0 fully saturated rings. The maximum atomic E-state index is 12.4. The number of ether oxygens (including phenoxy) is 1. The summed E-state index contributed by atoms with van der Waals surface area (Å²) >= 11 is 0. The van der Waals surface area contributed by atoms with Crippen LogP contribution in [0.4, 0.5) is 0 Å². The number of esters is 1. The number of hydrogen-bond acceptors (Lipinski definition) is 3. The third-order valence-electron chi connectivity index (χ3n) is 4.08. The molecule has 0 saturated carbocycles. The third-order valence-corrected chi connectivity index (χ3v) is 4.08. The van der Waals surface area contributed by atoms with Gasteiger partial charge in [-0.2, -0.15) is 0 Å². The van der Waals surface area contributed by atoms with E-state index in [2.05, 4.69) is 42.0 Å². The minimum atomic E-state index is -0.304. The van der Waals surface area contributed by atoms with Crippen molar-refractivity contribution in [3.63, 3.8) is 0 Å². The number of aromatic amines is 1. The van der Waals surface area contributed by atoms with Gasteiger partial charge in [0.25, 0.3) is 0 Å². The molecule has 2 heterocycles. The van der Waals surface area contributed by atoms with Gasteiger partial charge in [-0.15, -0.1) is 0 Å². The molecule has 24 heavy (non-hydrogen) atoms. The van der Waals surface area contributed by atoms with Crippen LogP contribution in [0.2, 0.25) is 0 Å². The van der Waals surface area contributed by atoms with Gasteiger partial charge in [0, 0.05) is 23.7 Å². The topological polar surface area (TPSA) is 55.0 Å². The molecule has 3 rings (SSSR count). The van der Waals surface area contributed by atoms with E-state index in [-0.39, 0.29) is 11.4 Å². The number of allylic oxidation sites excluding steroid dienone is 4. The number of rotatable bonds is 4. The fourth-order valence-corrected chi connectivity index (χ4v) is 2.91. The van der Waals surface area contributed by atoms with Crippen molar-refractivity contribution in [3.05, 3.63) is 60.1 Å². The van der Waals surface area contributed by atoms with Crippen LogP contribution < -0.4 is 0 Å². The van der Waals surface area contributed by atoms with Gasteiger partial charge < -0.3 is 9.72 Å². The first kappa shape index (κ1) is 16.2. The van der Waals surface area contributed by atoms with E-state index in [0.717, 1.165) is 28.9 Å². The predicted molar refractivity (Wildman–Crippen MR) is 95.5 cm³/mol. The van der Waals surface area contributed by atoms with Crippen molar-refractivity contribution in [3.8, 4) is 11.3 Å². The molecule has 4 heteroatoms. The van der Waals surface area contributed by atoms with Gasteiger partial charge in [0.05, 0.1) is 17.9 Å². The maximum Gasteiger partial charge on any atom is 0.340 e. The van der Waals surface area contributed by atoms with Gasteiger partial charge in [-0.05, 0) is 42.5 Å². The fourth-order valence-electron chi connectivity index (χ4n) is 2.91. The predicted octanol–water partition coefficient (Wildman–Crippen LogP) is 4.62. The first-order chi connectivity index (χ1) is 11.5. The van der Waals surface area contributed by atoms with Crippen molar-refractivity contribution in [1.29, 1.82) is 0 Å². The van der Waals surface area contributed by atoms with Crippen LogP contribution in [-0.4, -0.2) is 22.5 Å². The Balaban J connectivity index is 2.10. The summed E-state index contributed by atoms with van der Waals surface area (Å²) in [4.78, 5) is 19.9. The van der Waals surface area contributed by atoms with Crippen LogP contribution in [-0.2, 0) is 4.74 Å². The molecule has 0 aromatic carbocycles. The summed E-state index contributed by atoms with van der Waals surface area (Å²) in [7, 11) is 0. The lowest BCUT2D eigenvalue weighted by molar-refractivity contribution is 0.0526. The number of carbonyl (C=O) groups is 1. The van der Waals surface area contributed by atoms with Crippen molar-refractivity contribution < 1.29 is 9.53 Å². The lowest BCUT2D eigenvalue weighted by atomic mass is 9.82. The third kappa shape index (κ3) is 3.32. The lowest BCUT2D eigenvalue weighted by Crippen LogP contribution is -2.11. The molecule has 124 valence electrons. The van der Waals surface area contributed by atoms with Crippen LogP contribution >= 0.6 is 0 Å². The van der Waals surface area contributed by atoms with E-state index >= 15 is 0 Å². The monoisotopic (exact) mass is 322 g/mol. The lowest BCUT2D eigenvalue weighted by Gasteiger charge is -2.23. The Kier molecular flexibility index (Phi) is 4.38. The summed E-state index contributed by atoms with van der Waals surface area (Å²) in [5.41, 5.74) is 4.34. The van der Waals surface area contributed by atoms with Crippen LogP contribution in [0.5, 0.6) is 0 Å². The summed E-state index contributed by atoms with van der Waals surface area (Å²) in [5, 5.41) is 0. The largest absolute Gasteiger partial charge is 0.462 e. The SMILES string of the molecule is CCOC(=O)c1cc(-c2ccncc2)[nH]c1C1=CC(C)(C)CC=C1. The molecule has 0 aliphatic heterocycles. The average Bonchev–Trinajstić information content (AvgIpc) is 3.00. The molecule has 0 radical (unpaired) electrons. The molecule has 0 amide bonds. The molecule has 1 aliphatic carbocycles. The zero-order valence-electron chi connectivity index (χ0n) is 14.3. The van der Waals surface area contributed by atoms with E-state index in [4.69, 9.17) is 4.74 Å². The van der Waals surface area contributed by atoms with Gasteiger partial charge in [0.15, 0.2) is 0 Å². The zero-order valence-corrected chi connectivity index (χ0v) is 14.3. The second-order valence-corrected chi connectivity index (χ2v) is 6.62. The van der Waals surface area contributed by atoms with Gasteiger partial charge >= 0.3 is 5.97 Å². The Morgan fingerprint density at radius 3 is 2.75 bits per heavy atom. The van der Waals surface area contributed by atoms with Crippen molar-refractivity contribution in [2.24, 2.45) is 5.41 Å². The number of nitrogens with zero attached hydrogens (tertiary/aromatic N) is 1. The number of carbonyl (C=O) groups excluding carboxylic acids is 1. The number of H-pyrrole nitrogens is 1. The number of hydrogen-bond donors (Lipinski definition) is 1. The first-order valence-corrected chi connectivity index (χ1v) is 8.20. The Morgan fingerprint density at radius 2 is 2.08 bits per heavy atom. The molecule has 2 aromatic rings. The van der Waals surface area contributed by atoms with Gasteiger partial charge in [-0.1, -0.05) is 32.1 Å². The van der Waals surface area contributed by atoms with Crippen LogP contribution in [0.1, 0.15) is 43.2 Å². The van der Waals surface area contributed by atoms with E-state index in [0.29, 0.717) is 12.2 Å². The molecular formula is C20H22N2O2. The van der Waals surface area contributed by atoms with Crippen LogP contribution in [0, 0.1) is 5.41 Å². The first-order valence-electron chi connectivity index (χ1n) is 8.20. The number of nitrogens with one attached hydrogen (secondary N) is 1. The molecule has 1 aliphatic rings. The second kappa shape index (κ2) is 6.48. The molecule has 0 bridgehead atoms. The van der Waals surface area contributed by atoms with Crippen molar-refractivity contribution in [1.82, 2.24) is 9.97 Å². The number of pyridine rings is 1. The minimum absolute atomic E-state index is 0.0674. The van der Waals surface area contributed by atoms with Crippen LogP contribution in [0.15, 0.2) is 48.8 Å². The Bertz CT molecular complexity index is 798.